The van der Waals surface area contributed by atoms with Gasteiger partial charge in [0.1, 0.15) is 0 Å². The molecule has 1 aliphatic carbocycles. The lowest BCUT2D eigenvalue weighted by Gasteiger charge is -2.20. The van der Waals surface area contributed by atoms with Crippen molar-refractivity contribution in [3.8, 4) is 0 Å². The maximum Gasteiger partial charge on any atom is 0.0996 e. The van der Waals surface area contributed by atoms with Crippen LogP contribution in [0.2, 0.25) is 0 Å². The molecule has 2 N–H and O–H groups in total. The van der Waals surface area contributed by atoms with Gasteiger partial charge in [-0.1, -0.05) is 25.0 Å². The molecular weight excluding hydrogens is 176 g/mol. The molecule has 1 fully saturated rings. The van der Waals surface area contributed by atoms with E-state index in [0.29, 0.717) is 5.92 Å². The van der Waals surface area contributed by atoms with Gasteiger partial charge in [-0.15, -0.1) is 5.10 Å². The molecule has 0 radical (unpaired) electrons. The predicted octanol–water partition coefficient (Wildman–Crippen LogP) is 1.25. The maximum atomic E-state index is 6.19. The standard InChI is InChI=1S/C10H18N4/c1-7-4-3-5-8(7)10(11)9-6-14(2)13-12-9/h6-8,10H,3-5,11H2,1-2H3. The maximum absolute atomic E-state index is 6.19. The van der Waals surface area contributed by atoms with Gasteiger partial charge in [0.15, 0.2) is 0 Å². The van der Waals surface area contributed by atoms with Gasteiger partial charge >= 0.3 is 0 Å². The first-order valence-electron chi connectivity index (χ1n) is 5.30. The average Bonchev–Trinajstić information content (AvgIpc) is 2.73. The van der Waals surface area contributed by atoms with Gasteiger partial charge in [-0.3, -0.25) is 4.68 Å². The van der Waals surface area contributed by atoms with Crippen molar-refractivity contribution in [1.82, 2.24) is 15.0 Å². The van der Waals surface area contributed by atoms with E-state index in [1.54, 1.807) is 4.68 Å². The summed E-state index contributed by atoms with van der Waals surface area (Å²) in [7, 11) is 1.88. The van der Waals surface area contributed by atoms with E-state index >= 15 is 0 Å². The minimum Gasteiger partial charge on any atom is -0.322 e. The molecule has 4 nitrogen and oxygen atoms in total. The first-order valence-corrected chi connectivity index (χ1v) is 5.30. The number of nitrogens with two attached hydrogens (primary N) is 1. The van der Waals surface area contributed by atoms with Gasteiger partial charge < -0.3 is 5.73 Å². The van der Waals surface area contributed by atoms with Crippen LogP contribution in [0.15, 0.2) is 6.20 Å². The molecule has 0 bridgehead atoms. The van der Waals surface area contributed by atoms with E-state index in [9.17, 15) is 0 Å². The van der Waals surface area contributed by atoms with Crippen LogP contribution in [0.25, 0.3) is 0 Å². The summed E-state index contributed by atoms with van der Waals surface area (Å²) in [6.45, 7) is 2.29. The van der Waals surface area contributed by atoms with Gasteiger partial charge in [-0.05, 0) is 18.3 Å². The van der Waals surface area contributed by atoms with Crippen molar-refractivity contribution >= 4 is 0 Å². The Bertz CT molecular complexity index is 307. The van der Waals surface area contributed by atoms with Gasteiger partial charge in [0.25, 0.3) is 0 Å². The number of aryl methyl sites for hydroxylation is 1. The third kappa shape index (κ3) is 1.66. The molecular formula is C10H18N4. The van der Waals surface area contributed by atoms with E-state index < -0.39 is 0 Å². The van der Waals surface area contributed by atoms with Crippen molar-refractivity contribution in [2.45, 2.75) is 32.2 Å². The van der Waals surface area contributed by atoms with Crippen LogP contribution in [0.4, 0.5) is 0 Å². The third-order valence-electron chi connectivity index (χ3n) is 3.35. The lowest BCUT2D eigenvalue weighted by Crippen LogP contribution is -2.23. The van der Waals surface area contributed by atoms with Crippen LogP contribution in [-0.4, -0.2) is 15.0 Å². The highest BCUT2D eigenvalue weighted by molar-refractivity contribution is 5.03. The predicted molar refractivity (Wildman–Crippen MR) is 54.4 cm³/mol. The monoisotopic (exact) mass is 194 g/mol. The molecule has 1 heterocycles. The normalized spacial score (nSPS) is 29.4. The molecule has 78 valence electrons. The molecule has 0 saturated heterocycles. The third-order valence-corrected chi connectivity index (χ3v) is 3.35. The molecule has 0 amide bonds. The van der Waals surface area contributed by atoms with E-state index in [1.807, 2.05) is 13.2 Å². The second-order valence-electron chi connectivity index (χ2n) is 4.41. The minimum absolute atomic E-state index is 0.0706. The van der Waals surface area contributed by atoms with Crippen molar-refractivity contribution in [2.75, 3.05) is 0 Å². The molecule has 0 aliphatic heterocycles. The van der Waals surface area contributed by atoms with Gasteiger partial charge in [0.05, 0.1) is 11.7 Å². The van der Waals surface area contributed by atoms with E-state index in [1.165, 1.54) is 19.3 Å². The lowest BCUT2D eigenvalue weighted by molar-refractivity contribution is 0.346. The van der Waals surface area contributed by atoms with Crippen molar-refractivity contribution < 1.29 is 0 Å². The van der Waals surface area contributed by atoms with Crippen LogP contribution in [-0.2, 0) is 7.05 Å². The Morgan fingerprint density at radius 2 is 2.36 bits per heavy atom. The van der Waals surface area contributed by atoms with Crippen molar-refractivity contribution in [3.63, 3.8) is 0 Å². The molecule has 3 unspecified atom stereocenters. The number of hydrogen-bond acceptors (Lipinski definition) is 3. The molecule has 0 aromatic carbocycles. The fourth-order valence-corrected chi connectivity index (χ4v) is 2.44. The molecule has 0 spiro atoms. The zero-order chi connectivity index (χ0) is 10.1. The minimum atomic E-state index is 0.0706. The highest BCUT2D eigenvalue weighted by atomic mass is 15.4. The Kier molecular flexibility index (Phi) is 2.54. The molecule has 4 heteroatoms. The average molecular weight is 194 g/mol. The second-order valence-corrected chi connectivity index (χ2v) is 4.41. The Balaban J connectivity index is 2.11. The summed E-state index contributed by atoms with van der Waals surface area (Å²) < 4.78 is 1.72. The Hall–Kier alpha value is -0.900. The molecule has 1 saturated carbocycles. The van der Waals surface area contributed by atoms with Crippen LogP contribution in [0.3, 0.4) is 0 Å². The highest BCUT2D eigenvalue weighted by Gasteiger charge is 2.30. The Morgan fingerprint density at radius 1 is 1.57 bits per heavy atom. The number of aromatic nitrogens is 3. The number of rotatable bonds is 2. The van der Waals surface area contributed by atoms with Crippen molar-refractivity contribution in [2.24, 2.45) is 24.6 Å². The summed E-state index contributed by atoms with van der Waals surface area (Å²) in [4.78, 5) is 0. The largest absolute Gasteiger partial charge is 0.322 e. The van der Waals surface area contributed by atoms with E-state index in [-0.39, 0.29) is 6.04 Å². The summed E-state index contributed by atoms with van der Waals surface area (Å²) in [6.07, 6.45) is 5.77. The van der Waals surface area contributed by atoms with Crippen molar-refractivity contribution in [3.05, 3.63) is 11.9 Å². The first kappa shape index (κ1) is 9.65. The summed E-state index contributed by atoms with van der Waals surface area (Å²) in [5, 5.41) is 8.00. The molecule has 3 atom stereocenters. The topological polar surface area (TPSA) is 56.7 Å². The van der Waals surface area contributed by atoms with Gasteiger partial charge in [-0.2, -0.15) is 0 Å². The molecule has 14 heavy (non-hydrogen) atoms. The van der Waals surface area contributed by atoms with Crippen LogP contribution < -0.4 is 5.73 Å². The quantitative estimate of drug-likeness (QED) is 0.771. The molecule has 1 aliphatic rings. The Labute approximate surface area is 84.5 Å². The van der Waals surface area contributed by atoms with Gasteiger partial charge in [-0.25, -0.2) is 0 Å². The van der Waals surface area contributed by atoms with Crippen LogP contribution in [0, 0.1) is 11.8 Å². The zero-order valence-corrected chi connectivity index (χ0v) is 8.85. The van der Waals surface area contributed by atoms with Crippen molar-refractivity contribution in [1.29, 1.82) is 0 Å². The summed E-state index contributed by atoms with van der Waals surface area (Å²) in [6, 6.07) is 0.0706. The second kappa shape index (κ2) is 3.69. The summed E-state index contributed by atoms with van der Waals surface area (Å²) >= 11 is 0. The van der Waals surface area contributed by atoms with Crippen LogP contribution in [0.1, 0.15) is 37.9 Å². The summed E-state index contributed by atoms with van der Waals surface area (Å²) in [5.41, 5.74) is 7.12. The van der Waals surface area contributed by atoms with Gasteiger partial charge in [0.2, 0.25) is 0 Å². The van der Waals surface area contributed by atoms with Crippen LogP contribution in [0.5, 0.6) is 0 Å². The SMILES string of the molecule is CC1CCCC1C(N)c1cn(C)nn1. The van der Waals surface area contributed by atoms with Gasteiger partial charge in [0, 0.05) is 13.2 Å². The fraction of sp³-hybridized carbons (Fsp3) is 0.800. The molecule has 1 aromatic rings. The summed E-state index contributed by atoms with van der Waals surface area (Å²) in [5.74, 6) is 1.32. The number of nitrogens with zero attached hydrogens (tertiary/aromatic N) is 3. The lowest BCUT2D eigenvalue weighted by atomic mass is 9.89. The number of hydrogen-bond donors (Lipinski definition) is 1. The van der Waals surface area contributed by atoms with E-state index in [0.717, 1.165) is 11.6 Å². The van der Waals surface area contributed by atoms with E-state index in [2.05, 4.69) is 17.2 Å². The fourth-order valence-electron chi connectivity index (χ4n) is 2.44. The highest BCUT2D eigenvalue weighted by Crippen LogP contribution is 2.38. The molecule has 1 aromatic heterocycles. The van der Waals surface area contributed by atoms with Crippen LogP contribution >= 0.6 is 0 Å². The Morgan fingerprint density at radius 3 is 2.86 bits per heavy atom. The molecule has 2 rings (SSSR count). The smallest absolute Gasteiger partial charge is 0.0996 e. The first-order chi connectivity index (χ1) is 6.68. The zero-order valence-electron chi connectivity index (χ0n) is 8.85. The van der Waals surface area contributed by atoms with E-state index in [4.69, 9.17) is 5.73 Å².